The quantitative estimate of drug-likeness (QED) is 0.145. The molecule has 4 rings (SSSR count). The van der Waals surface area contributed by atoms with E-state index in [0.29, 0.717) is 31.4 Å². The molecule has 1 aliphatic heterocycles. The van der Waals surface area contributed by atoms with Gasteiger partial charge in [-0.15, -0.1) is 9.24 Å². The number of anilines is 2. The molecule has 41 heavy (non-hydrogen) atoms. The predicted molar refractivity (Wildman–Crippen MR) is 174 cm³/mol. The molecule has 0 amide bonds. The lowest BCUT2D eigenvalue weighted by molar-refractivity contribution is 0.234. The van der Waals surface area contributed by atoms with Crippen LogP contribution in [0.25, 0.3) is 0 Å². The summed E-state index contributed by atoms with van der Waals surface area (Å²) in [6, 6.07) is 15.6. The fraction of sp³-hybridized carbons (Fsp3) is 0.471. The Labute approximate surface area is 249 Å². The maximum absolute atomic E-state index is 10.2. The maximum Gasteiger partial charge on any atom is 0.180 e. The minimum atomic E-state index is 0.0130. The maximum atomic E-state index is 10.2. The van der Waals surface area contributed by atoms with E-state index in [0.717, 1.165) is 29.5 Å². The van der Waals surface area contributed by atoms with Crippen molar-refractivity contribution in [3.63, 3.8) is 0 Å². The van der Waals surface area contributed by atoms with Crippen molar-refractivity contribution in [3.05, 3.63) is 77.8 Å². The molecule has 0 aromatic heterocycles. The molecule has 1 saturated carbocycles. The molecule has 0 bridgehead atoms. The second-order valence-corrected chi connectivity index (χ2v) is 14.0. The van der Waals surface area contributed by atoms with Gasteiger partial charge in [0.25, 0.3) is 0 Å². The fourth-order valence-corrected chi connectivity index (χ4v) is 5.76. The summed E-state index contributed by atoms with van der Waals surface area (Å²) in [5, 5.41) is 21.3. The Balaban J connectivity index is 1.55. The molecule has 0 spiro atoms. The molecule has 2 unspecified atom stereocenters. The van der Waals surface area contributed by atoms with Crippen LogP contribution < -0.4 is 15.1 Å². The van der Waals surface area contributed by atoms with Gasteiger partial charge in [-0.1, -0.05) is 72.4 Å². The smallest absolute Gasteiger partial charge is 0.180 e. The first kappa shape index (κ1) is 30.5. The van der Waals surface area contributed by atoms with Crippen LogP contribution in [-0.2, 0) is 10.8 Å². The number of rotatable bonds is 9. The lowest BCUT2D eigenvalue weighted by Crippen LogP contribution is -2.45. The topological polar surface area (TPSA) is 60.5 Å². The van der Waals surface area contributed by atoms with Crippen molar-refractivity contribution in [2.75, 3.05) is 29.6 Å². The number of hydrogen-bond donors (Lipinski definition) is 0. The number of aryl methyl sites for hydroxylation is 1. The molecule has 1 fully saturated rings. The third-order valence-corrected chi connectivity index (χ3v) is 8.68. The SMILES string of the molecule is C=CN(CN(C#N)CCN1C(C#N)=CN(c2cc(C(C)(C)C)ccc2C)C1C1CC1)c1cc(C(C)(C)C)ccc1P. The third kappa shape index (κ3) is 6.72. The van der Waals surface area contributed by atoms with Crippen LogP contribution in [0.3, 0.4) is 0 Å². The average molecular weight is 569 g/mol. The van der Waals surface area contributed by atoms with E-state index in [-0.39, 0.29) is 17.0 Å². The lowest BCUT2D eigenvalue weighted by Gasteiger charge is -2.36. The van der Waals surface area contributed by atoms with E-state index in [1.54, 1.807) is 11.1 Å². The fourth-order valence-electron chi connectivity index (χ4n) is 5.42. The Hall–Kier alpha value is -3.47. The zero-order chi connectivity index (χ0) is 30.1. The molecule has 2 atom stereocenters. The molecule has 216 valence electrons. The summed E-state index contributed by atoms with van der Waals surface area (Å²) < 4.78 is 0. The molecular formula is C34H45N6P. The van der Waals surface area contributed by atoms with Gasteiger partial charge in [0.2, 0.25) is 0 Å². The van der Waals surface area contributed by atoms with Crippen LogP contribution in [0.2, 0.25) is 0 Å². The molecule has 2 aliphatic rings. The van der Waals surface area contributed by atoms with E-state index in [2.05, 4.69) is 123 Å². The second kappa shape index (κ2) is 11.8. The van der Waals surface area contributed by atoms with Crippen LogP contribution in [0.15, 0.2) is 61.1 Å². The Morgan fingerprint density at radius 2 is 1.66 bits per heavy atom. The van der Waals surface area contributed by atoms with Crippen molar-refractivity contribution in [2.45, 2.75) is 78.3 Å². The number of nitriles is 2. The van der Waals surface area contributed by atoms with Gasteiger partial charge in [0.05, 0.1) is 0 Å². The van der Waals surface area contributed by atoms with Gasteiger partial charge in [0.1, 0.15) is 24.6 Å². The van der Waals surface area contributed by atoms with E-state index in [1.807, 2.05) is 11.1 Å². The predicted octanol–water partition coefficient (Wildman–Crippen LogP) is 6.70. The Morgan fingerprint density at radius 3 is 2.22 bits per heavy atom. The zero-order valence-electron chi connectivity index (χ0n) is 25.8. The van der Waals surface area contributed by atoms with Gasteiger partial charge in [-0.05, 0) is 76.8 Å². The van der Waals surface area contributed by atoms with E-state index >= 15 is 0 Å². The van der Waals surface area contributed by atoms with E-state index in [1.165, 1.54) is 16.7 Å². The number of benzene rings is 2. The molecule has 1 aliphatic carbocycles. The number of allylic oxidation sites excluding steroid dienone is 1. The number of nitrogens with zero attached hydrogens (tertiary/aromatic N) is 6. The van der Waals surface area contributed by atoms with Crippen LogP contribution in [0.1, 0.15) is 71.1 Å². The lowest BCUT2D eigenvalue weighted by atomic mass is 9.86. The highest BCUT2D eigenvalue weighted by atomic mass is 31.0. The molecule has 7 heteroatoms. The minimum Gasteiger partial charge on any atom is -0.339 e. The summed E-state index contributed by atoms with van der Waals surface area (Å²) in [6.07, 6.45) is 8.57. The van der Waals surface area contributed by atoms with Gasteiger partial charge in [-0.25, -0.2) is 0 Å². The Bertz CT molecular complexity index is 1400. The van der Waals surface area contributed by atoms with Crippen molar-refractivity contribution >= 4 is 25.9 Å². The third-order valence-electron chi connectivity index (χ3n) is 8.19. The van der Waals surface area contributed by atoms with Crippen LogP contribution in [0.4, 0.5) is 11.4 Å². The summed E-state index contributed by atoms with van der Waals surface area (Å²) in [5.41, 5.74) is 6.59. The van der Waals surface area contributed by atoms with Gasteiger partial charge in [0, 0.05) is 30.7 Å². The van der Waals surface area contributed by atoms with Gasteiger partial charge in [-0.2, -0.15) is 10.5 Å². The first-order chi connectivity index (χ1) is 19.3. The van der Waals surface area contributed by atoms with E-state index < -0.39 is 0 Å². The normalized spacial score (nSPS) is 17.1. The first-order valence-electron chi connectivity index (χ1n) is 14.5. The molecule has 2 aromatic carbocycles. The molecular weight excluding hydrogens is 523 g/mol. The molecule has 0 radical (unpaired) electrons. The average Bonchev–Trinajstić information content (AvgIpc) is 3.68. The Morgan fingerprint density at radius 1 is 1.02 bits per heavy atom. The van der Waals surface area contributed by atoms with Gasteiger partial charge < -0.3 is 14.7 Å². The van der Waals surface area contributed by atoms with Crippen LogP contribution in [0, 0.1) is 35.6 Å². The van der Waals surface area contributed by atoms with Gasteiger partial charge in [-0.3, -0.25) is 4.90 Å². The highest BCUT2D eigenvalue weighted by Crippen LogP contribution is 2.44. The largest absolute Gasteiger partial charge is 0.339 e. The standard InChI is InChI=1S/C34H45N6P/c1-9-38(30-19-27(34(6,7)8)14-15-31(30)41)23-37(22-36)16-17-39-28(20-35)21-40(32(39)25-11-12-25)29-18-26(33(3,4)5)13-10-24(29)2/h9-10,13-15,18-19,21,25,32H,1,11-12,16-17,23,41H2,2-8H3. The second-order valence-electron chi connectivity index (χ2n) is 13.4. The summed E-state index contributed by atoms with van der Waals surface area (Å²) >= 11 is 0. The Kier molecular flexibility index (Phi) is 8.77. The minimum absolute atomic E-state index is 0.0130. The van der Waals surface area contributed by atoms with Crippen LogP contribution in [-0.4, -0.2) is 35.7 Å². The van der Waals surface area contributed by atoms with Crippen molar-refractivity contribution in [1.29, 1.82) is 10.5 Å². The highest BCUT2D eigenvalue weighted by molar-refractivity contribution is 7.28. The van der Waals surface area contributed by atoms with Gasteiger partial charge >= 0.3 is 0 Å². The molecule has 0 N–H and O–H groups in total. The molecule has 0 saturated heterocycles. The first-order valence-corrected chi connectivity index (χ1v) is 15.1. The zero-order valence-corrected chi connectivity index (χ0v) is 26.9. The summed E-state index contributed by atoms with van der Waals surface area (Å²) in [6.45, 7) is 21.0. The van der Waals surface area contributed by atoms with Crippen molar-refractivity contribution < 1.29 is 0 Å². The number of hydrogen-bond acceptors (Lipinski definition) is 6. The molecule has 2 aromatic rings. The van der Waals surface area contributed by atoms with Crippen molar-refractivity contribution in [3.8, 4) is 12.3 Å². The highest BCUT2D eigenvalue weighted by Gasteiger charge is 2.44. The van der Waals surface area contributed by atoms with E-state index in [9.17, 15) is 10.5 Å². The molecule has 6 nitrogen and oxygen atoms in total. The van der Waals surface area contributed by atoms with Crippen LogP contribution in [0.5, 0.6) is 0 Å². The van der Waals surface area contributed by atoms with Crippen molar-refractivity contribution in [1.82, 2.24) is 9.80 Å². The summed E-state index contributed by atoms with van der Waals surface area (Å²) in [7, 11) is 2.80. The monoisotopic (exact) mass is 568 g/mol. The molecule has 1 heterocycles. The summed E-state index contributed by atoms with van der Waals surface area (Å²) in [4.78, 5) is 8.30. The van der Waals surface area contributed by atoms with Crippen molar-refractivity contribution in [2.24, 2.45) is 5.92 Å². The summed E-state index contributed by atoms with van der Waals surface area (Å²) in [5.74, 6) is 0.495. The van der Waals surface area contributed by atoms with E-state index in [4.69, 9.17) is 0 Å². The van der Waals surface area contributed by atoms with Crippen LogP contribution >= 0.6 is 9.24 Å². The van der Waals surface area contributed by atoms with Gasteiger partial charge in [0.15, 0.2) is 6.19 Å².